The summed E-state index contributed by atoms with van der Waals surface area (Å²) in [5, 5.41) is 16.1. The Morgan fingerprint density at radius 1 is 1.14 bits per heavy atom. The molecule has 0 fully saturated rings. The Bertz CT molecular complexity index is 97.8. The zero-order chi connectivity index (χ0) is 5.54. The third-order valence-corrected chi connectivity index (χ3v) is 33.8. The van der Waals surface area contributed by atoms with Crippen molar-refractivity contribution < 1.29 is 19.7 Å². The molecule has 5 heteroatoms. The van der Waals surface area contributed by atoms with Gasteiger partial charge in [0.15, 0.2) is 0 Å². The molecule has 0 saturated heterocycles. The predicted octanol–water partition coefficient (Wildman–Crippen LogP) is -0.731. The van der Waals surface area contributed by atoms with Crippen molar-refractivity contribution in [2.75, 3.05) is 0 Å². The van der Waals surface area contributed by atoms with E-state index in [1.165, 1.54) is 0 Å². The molecule has 0 atom stereocenters. The molecular formula is C2HgN2Se2. The van der Waals surface area contributed by atoms with E-state index in [4.69, 9.17) is 10.5 Å². The molecule has 0 spiro atoms. The molecule has 0 bridgehead atoms. The average Bonchev–Trinajstić information content (AvgIpc) is 1.69. The quantitative estimate of drug-likeness (QED) is 0.445. The van der Waals surface area contributed by atoms with Crippen LogP contribution in [0.2, 0.25) is 0 Å². The molecule has 0 aliphatic heterocycles. The number of rotatable bonds is 2. The second kappa shape index (κ2) is 6.95. The summed E-state index contributed by atoms with van der Waals surface area (Å²) in [6.45, 7) is 0. The second-order valence-corrected chi connectivity index (χ2v) is 42.0. The minimum atomic E-state index is -0.802. The van der Waals surface area contributed by atoms with E-state index in [-0.39, 0.29) is 0 Å². The zero-order valence-electron chi connectivity index (χ0n) is 3.42. The second-order valence-electron chi connectivity index (χ2n) is 0.589. The molecule has 0 rings (SSSR count). The molecule has 32 valence electrons. The van der Waals surface area contributed by atoms with Crippen molar-refractivity contribution in [1.29, 1.82) is 10.5 Å². The summed E-state index contributed by atoms with van der Waals surface area (Å²) in [5.74, 6) is 0. The zero-order valence-corrected chi connectivity index (χ0v) is 12.3. The van der Waals surface area contributed by atoms with Crippen LogP contribution in [-0.2, 0) is 19.7 Å². The van der Waals surface area contributed by atoms with Crippen LogP contribution in [0.15, 0.2) is 0 Å². The third-order valence-electron chi connectivity index (χ3n) is 0.247. The Balaban J connectivity index is 2.77. The van der Waals surface area contributed by atoms with E-state index in [0.29, 0.717) is 21.8 Å². The normalized spacial score (nSPS) is 5.43. The van der Waals surface area contributed by atoms with Gasteiger partial charge in [0.2, 0.25) is 0 Å². The van der Waals surface area contributed by atoms with Crippen molar-refractivity contribution in [2.24, 2.45) is 0 Å². The molecule has 0 saturated carbocycles. The fourth-order valence-corrected chi connectivity index (χ4v) is 19.5. The van der Waals surface area contributed by atoms with Crippen LogP contribution in [0, 0.1) is 20.5 Å². The van der Waals surface area contributed by atoms with Crippen LogP contribution in [0.1, 0.15) is 0 Å². The Morgan fingerprint density at radius 3 is 1.86 bits per heavy atom. The van der Waals surface area contributed by atoms with Gasteiger partial charge in [0.25, 0.3) is 0 Å². The molecule has 0 amide bonds. The minimum absolute atomic E-state index is 0.301. The predicted molar refractivity (Wildman–Crippen MR) is 22.7 cm³/mol. The first-order chi connectivity index (χ1) is 3.41. The van der Waals surface area contributed by atoms with Gasteiger partial charge in [-0.05, 0) is 0 Å². The molecule has 0 aromatic carbocycles. The van der Waals surface area contributed by atoms with E-state index in [2.05, 4.69) is 9.94 Å². The Labute approximate surface area is 61.2 Å². The number of nitrogens with zero attached hydrogens (tertiary/aromatic N) is 2. The van der Waals surface area contributed by atoms with E-state index in [9.17, 15) is 0 Å². The van der Waals surface area contributed by atoms with Gasteiger partial charge in [0, 0.05) is 0 Å². The summed E-state index contributed by atoms with van der Waals surface area (Å²) in [7, 11) is 0.603. The van der Waals surface area contributed by atoms with E-state index in [1.54, 1.807) is 0 Å². The molecule has 7 heavy (non-hydrogen) atoms. The van der Waals surface area contributed by atoms with Crippen LogP contribution in [0.25, 0.3) is 0 Å². The fraction of sp³-hybridized carbons (Fsp3) is 0. The molecule has 0 aliphatic rings. The molecule has 0 aromatic rings. The number of hydrogen-bond acceptors (Lipinski definition) is 2. The van der Waals surface area contributed by atoms with Crippen molar-refractivity contribution in [3.8, 4) is 9.94 Å². The Morgan fingerprint density at radius 2 is 1.57 bits per heavy atom. The van der Waals surface area contributed by atoms with E-state index in [0.717, 1.165) is 0 Å². The van der Waals surface area contributed by atoms with E-state index in [1.807, 2.05) is 0 Å². The molecule has 0 unspecified atom stereocenters. The van der Waals surface area contributed by atoms with Gasteiger partial charge in [-0.2, -0.15) is 0 Å². The van der Waals surface area contributed by atoms with Crippen molar-refractivity contribution in [3.63, 3.8) is 0 Å². The first-order valence-electron chi connectivity index (χ1n) is 1.43. The standard InChI is InChI=1S/2CHNSe.Hg/c2*2-1-3;/h2*3H;/q;;+2/p-2. The van der Waals surface area contributed by atoms with Gasteiger partial charge in [-0.3, -0.25) is 0 Å². The maximum atomic E-state index is 8.03. The van der Waals surface area contributed by atoms with Gasteiger partial charge < -0.3 is 0 Å². The Kier molecular flexibility index (Phi) is 7.90. The van der Waals surface area contributed by atoms with E-state index >= 15 is 0 Å². The molecule has 0 aromatic heterocycles. The monoisotopic (exact) mass is 414 g/mol. The first kappa shape index (κ1) is 7.95. The van der Waals surface area contributed by atoms with Gasteiger partial charge in [0.05, 0.1) is 0 Å². The van der Waals surface area contributed by atoms with Crippen molar-refractivity contribution >= 4 is 21.8 Å². The van der Waals surface area contributed by atoms with Crippen LogP contribution in [0.3, 0.4) is 0 Å². The van der Waals surface area contributed by atoms with Gasteiger partial charge in [-0.15, -0.1) is 0 Å². The van der Waals surface area contributed by atoms with Gasteiger partial charge in [0.1, 0.15) is 0 Å². The van der Waals surface area contributed by atoms with Gasteiger partial charge in [-0.25, -0.2) is 0 Å². The van der Waals surface area contributed by atoms with Crippen LogP contribution < -0.4 is 0 Å². The third kappa shape index (κ3) is 6.95. The Hall–Kier alpha value is 0.954. The molecule has 0 N–H and O–H groups in total. The van der Waals surface area contributed by atoms with Crippen molar-refractivity contribution in [1.82, 2.24) is 0 Å². The van der Waals surface area contributed by atoms with Crippen molar-refractivity contribution in [2.45, 2.75) is 0 Å². The summed E-state index contributed by atoms with van der Waals surface area (Å²) in [5.41, 5.74) is 0. The van der Waals surface area contributed by atoms with Gasteiger partial charge in [-0.1, -0.05) is 0 Å². The summed E-state index contributed by atoms with van der Waals surface area (Å²) < 4.78 is 0. The molecule has 0 heterocycles. The number of hydrogen-bond donors (Lipinski definition) is 0. The van der Waals surface area contributed by atoms with Crippen LogP contribution in [-0.4, -0.2) is 21.8 Å². The SMILES string of the molecule is N#C[Se][Hg][Se]C#N. The summed E-state index contributed by atoms with van der Waals surface area (Å²) in [6.07, 6.45) is 0. The molecule has 0 aliphatic carbocycles. The van der Waals surface area contributed by atoms with Crippen LogP contribution in [0.4, 0.5) is 0 Å². The first-order valence-corrected chi connectivity index (χ1v) is 28.9. The summed E-state index contributed by atoms with van der Waals surface area (Å²) in [6, 6.07) is 0. The fourth-order valence-electron chi connectivity index (χ4n) is 0.0822. The van der Waals surface area contributed by atoms with Crippen LogP contribution in [0.5, 0.6) is 0 Å². The topological polar surface area (TPSA) is 47.6 Å². The molecule has 0 radical (unpaired) electrons. The van der Waals surface area contributed by atoms with E-state index < -0.39 is 19.7 Å². The molecular weight excluding hydrogens is 411 g/mol. The average molecular weight is 411 g/mol. The maximum absolute atomic E-state index is 8.03. The summed E-state index contributed by atoms with van der Waals surface area (Å²) in [4.78, 5) is 4.26. The van der Waals surface area contributed by atoms with Gasteiger partial charge >= 0.3 is 62.0 Å². The number of nitriles is 2. The summed E-state index contributed by atoms with van der Waals surface area (Å²) >= 11 is -0.802. The van der Waals surface area contributed by atoms with Crippen LogP contribution >= 0.6 is 0 Å². The van der Waals surface area contributed by atoms with Crippen molar-refractivity contribution in [3.05, 3.63) is 0 Å². The molecule has 2 nitrogen and oxygen atoms in total.